The number of carbonyl (C=O) groups is 1. The molecule has 0 aliphatic carbocycles. The molecule has 16 heavy (non-hydrogen) atoms. The summed E-state index contributed by atoms with van der Waals surface area (Å²) in [5.74, 6) is -2.51. The molecule has 0 radical (unpaired) electrons. The average molecular weight is 232 g/mol. The molecule has 0 aliphatic heterocycles. The smallest absolute Gasteiger partial charge is 0.364 e. The van der Waals surface area contributed by atoms with Crippen molar-refractivity contribution in [3.8, 4) is 0 Å². The molecule has 0 heterocycles. The fraction of sp³-hybridized carbons (Fsp3) is 0.750. The van der Waals surface area contributed by atoms with Gasteiger partial charge in [0.05, 0.1) is 0 Å². The summed E-state index contributed by atoms with van der Waals surface area (Å²) in [4.78, 5) is 10.1. The fourth-order valence-electron chi connectivity index (χ4n) is 1.41. The van der Waals surface area contributed by atoms with Crippen LogP contribution in [-0.2, 0) is 9.53 Å². The summed E-state index contributed by atoms with van der Waals surface area (Å²) in [5.41, 5.74) is 0. The van der Waals surface area contributed by atoms with Crippen LogP contribution >= 0.6 is 0 Å². The molecule has 0 amide bonds. The second kappa shape index (κ2) is 10.6. The summed E-state index contributed by atoms with van der Waals surface area (Å²) in [7, 11) is 1.70. The van der Waals surface area contributed by atoms with Crippen molar-refractivity contribution in [3.05, 3.63) is 11.9 Å². The Kier molecular flexibility index (Phi) is 10.0. The van der Waals surface area contributed by atoms with Crippen molar-refractivity contribution in [2.45, 2.75) is 44.9 Å². The maximum Gasteiger partial charge on any atom is 0.364 e. The summed E-state index contributed by atoms with van der Waals surface area (Å²) < 4.78 is 17.4. The van der Waals surface area contributed by atoms with Crippen LogP contribution in [0.25, 0.3) is 0 Å². The summed E-state index contributed by atoms with van der Waals surface area (Å²) in [5, 5.41) is 8.25. The third-order valence-corrected chi connectivity index (χ3v) is 2.33. The van der Waals surface area contributed by atoms with Gasteiger partial charge in [0.15, 0.2) is 0 Å². The molecule has 0 unspecified atom stereocenters. The molecule has 94 valence electrons. The predicted molar refractivity (Wildman–Crippen MR) is 61.0 cm³/mol. The maximum atomic E-state index is 12.5. The average Bonchev–Trinajstić information content (AvgIpc) is 2.26. The number of unbranched alkanes of at least 4 members (excludes halogenated alkanes) is 6. The molecule has 1 N–H and O–H groups in total. The first kappa shape index (κ1) is 15.1. The number of ether oxygens (including phenoxy) is 1. The lowest BCUT2D eigenvalue weighted by Crippen LogP contribution is -1.94. The van der Waals surface area contributed by atoms with Crippen LogP contribution in [0, 0.1) is 0 Å². The van der Waals surface area contributed by atoms with Crippen molar-refractivity contribution in [3.63, 3.8) is 0 Å². The molecule has 0 atom stereocenters. The van der Waals surface area contributed by atoms with Crippen LogP contribution in [0.1, 0.15) is 44.9 Å². The standard InChI is InChI=1S/C12H21FO3/c1-16-10-8-6-4-2-3-5-7-9-11(13)12(14)15/h9H,2-8,10H2,1H3,(H,14,15)/b11-9-. The van der Waals surface area contributed by atoms with Gasteiger partial charge < -0.3 is 9.84 Å². The largest absolute Gasteiger partial charge is 0.476 e. The molecule has 0 aromatic heterocycles. The zero-order valence-corrected chi connectivity index (χ0v) is 9.88. The maximum absolute atomic E-state index is 12.5. The molecule has 0 aromatic rings. The van der Waals surface area contributed by atoms with Crippen LogP contribution in [0.3, 0.4) is 0 Å². The Bertz CT molecular complexity index is 214. The van der Waals surface area contributed by atoms with E-state index in [0.717, 1.165) is 51.2 Å². The van der Waals surface area contributed by atoms with Gasteiger partial charge in [0, 0.05) is 13.7 Å². The van der Waals surface area contributed by atoms with Crippen molar-refractivity contribution in [1.82, 2.24) is 0 Å². The molecule has 0 saturated heterocycles. The number of carboxylic acids is 1. The van der Waals surface area contributed by atoms with Crippen molar-refractivity contribution >= 4 is 5.97 Å². The normalized spacial score (nSPS) is 11.8. The minimum atomic E-state index is -1.47. The molecule has 0 spiro atoms. The second-order valence-electron chi connectivity index (χ2n) is 3.76. The molecule has 0 aliphatic rings. The molecule has 0 saturated carbocycles. The highest BCUT2D eigenvalue weighted by atomic mass is 19.1. The molecule has 0 aromatic carbocycles. The number of allylic oxidation sites excluding steroid dienone is 1. The molecule has 0 rings (SSSR count). The molecular formula is C12H21FO3. The topological polar surface area (TPSA) is 46.5 Å². The van der Waals surface area contributed by atoms with Crippen LogP contribution in [0.2, 0.25) is 0 Å². The first-order valence-corrected chi connectivity index (χ1v) is 5.76. The third kappa shape index (κ3) is 9.65. The number of hydrogen-bond acceptors (Lipinski definition) is 2. The van der Waals surface area contributed by atoms with Crippen molar-refractivity contribution < 1.29 is 19.0 Å². The van der Waals surface area contributed by atoms with Crippen molar-refractivity contribution in [2.24, 2.45) is 0 Å². The third-order valence-electron chi connectivity index (χ3n) is 2.33. The fourth-order valence-corrected chi connectivity index (χ4v) is 1.41. The van der Waals surface area contributed by atoms with E-state index in [1.54, 1.807) is 7.11 Å². The number of hydrogen-bond donors (Lipinski definition) is 1. The highest BCUT2D eigenvalue weighted by Crippen LogP contribution is 2.09. The van der Waals surface area contributed by atoms with E-state index >= 15 is 0 Å². The second-order valence-corrected chi connectivity index (χ2v) is 3.76. The van der Waals surface area contributed by atoms with E-state index in [9.17, 15) is 9.18 Å². The van der Waals surface area contributed by atoms with Crippen LogP contribution in [0.15, 0.2) is 11.9 Å². The Hall–Kier alpha value is -0.900. The van der Waals surface area contributed by atoms with Crippen LogP contribution in [0.4, 0.5) is 4.39 Å². The minimum absolute atomic E-state index is 0.510. The molecular weight excluding hydrogens is 211 g/mol. The first-order valence-electron chi connectivity index (χ1n) is 5.76. The Labute approximate surface area is 96.3 Å². The SMILES string of the molecule is COCCCCCCCC/C=C(\F)C(=O)O. The number of carboxylic acid groups (broad SMARTS) is 1. The van der Waals surface area contributed by atoms with Gasteiger partial charge in [0.25, 0.3) is 0 Å². The van der Waals surface area contributed by atoms with Crippen molar-refractivity contribution in [2.75, 3.05) is 13.7 Å². The number of halogens is 1. The van der Waals surface area contributed by atoms with Gasteiger partial charge in [-0.2, -0.15) is 4.39 Å². The van der Waals surface area contributed by atoms with Gasteiger partial charge in [-0.15, -0.1) is 0 Å². The van der Waals surface area contributed by atoms with Crippen LogP contribution < -0.4 is 0 Å². The van der Waals surface area contributed by atoms with Gasteiger partial charge in [-0.25, -0.2) is 4.79 Å². The van der Waals surface area contributed by atoms with E-state index in [0.29, 0.717) is 6.42 Å². The number of rotatable bonds is 10. The highest BCUT2D eigenvalue weighted by Gasteiger charge is 2.02. The van der Waals surface area contributed by atoms with E-state index < -0.39 is 11.8 Å². The summed E-state index contributed by atoms with van der Waals surface area (Å²) in [6.07, 6.45) is 8.06. The Morgan fingerprint density at radius 1 is 1.19 bits per heavy atom. The van der Waals surface area contributed by atoms with Gasteiger partial charge in [0.2, 0.25) is 5.83 Å². The molecule has 0 fully saturated rings. The lowest BCUT2D eigenvalue weighted by atomic mass is 10.1. The quantitative estimate of drug-likeness (QED) is 0.464. The zero-order chi connectivity index (χ0) is 12.2. The van der Waals surface area contributed by atoms with E-state index in [1.807, 2.05) is 0 Å². The molecule has 4 heteroatoms. The van der Waals surface area contributed by atoms with Crippen LogP contribution in [0.5, 0.6) is 0 Å². The summed E-state index contributed by atoms with van der Waals surface area (Å²) >= 11 is 0. The van der Waals surface area contributed by atoms with E-state index in [1.165, 1.54) is 0 Å². The zero-order valence-electron chi connectivity index (χ0n) is 9.88. The molecule has 0 bridgehead atoms. The Morgan fingerprint density at radius 3 is 2.31 bits per heavy atom. The highest BCUT2D eigenvalue weighted by molar-refractivity contribution is 5.83. The lowest BCUT2D eigenvalue weighted by molar-refractivity contribution is -0.134. The summed E-state index contributed by atoms with van der Waals surface area (Å²) in [6, 6.07) is 0. The van der Waals surface area contributed by atoms with Gasteiger partial charge >= 0.3 is 5.97 Å². The van der Waals surface area contributed by atoms with E-state index in [2.05, 4.69) is 0 Å². The van der Waals surface area contributed by atoms with Gasteiger partial charge in [-0.3, -0.25) is 0 Å². The molecule has 3 nitrogen and oxygen atoms in total. The Morgan fingerprint density at radius 2 is 1.75 bits per heavy atom. The van der Waals surface area contributed by atoms with Crippen LogP contribution in [-0.4, -0.2) is 24.8 Å². The summed E-state index contributed by atoms with van der Waals surface area (Å²) in [6.45, 7) is 0.812. The van der Waals surface area contributed by atoms with E-state index in [-0.39, 0.29) is 0 Å². The van der Waals surface area contributed by atoms with Gasteiger partial charge in [0.1, 0.15) is 0 Å². The number of methoxy groups -OCH3 is 1. The lowest BCUT2D eigenvalue weighted by Gasteiger charge is -2.00. The Balaban J connectivity index is 3.21. The first-order chi connectivity index (χ1) is 7.68. The monoisotopic (exact) mass is 232 g/mol. The van der Waals surface area contributed by atoms with Crippen molar-refractivity contribution in [1.29, 1.82) is 0 Å². The van der Waals surface area contributed by atoms with E-state index in [4.69, 9.17) is 9.84 Å². The van der Waals surface area contributed by atoms with Gasteiger partial charge in [-0.1, -0.05) is 25.7 Å². The minimum Gasteiger partial charge on any atom is -0.476 e. The predicted octanol–water partition coefficient (Wildman–Crippen LogP) is 3.30. The number of aliphatic carboxylic acids is 1. The van der Waals surface area contributed by atoms with Gasteiger partial charge in [-0.05, 0) is 25.3 Å².